The molecule has 0 saturated heterocycles. The SMILES string of the molecule is COc1cc(Cc2nc(-c3ccc(-c4csc(C5CC5)n4)cc3)no2)cc(OC)c1. The maximum Gasteiger partial charge on any atom is 0.231 e. The highest BCUT2D eigenvalue weighted by molar-refractivity contribution is 7.10. The van der Waals surface area contributed by atoms with Gasteiger partial charge in [-0.25, -0.2) is 4.98 Å². The van der Waals surface area contributed by atoms with Gasteiger partial charge in [-0.2, -0.15) is 4.98 Å². The fourth-order valence-electron chi connectivity index (χ4n) is 3.32. The lowest BCUT2D eigenvalue weighted by Crippen LogP contribution is -1.93. The molecule has 0 unspecified atom stereocenters. The van der Waals surface area contributed by atoms with Crippen LogP contribution in [0, 0.1) is 0 Å². The lowest BCUT2D eigenvalue weighted by atomic mass is 10.1. The molecule has 30 heavy (non-hydrogen) atoms. The Morgan fingerprint density at radius 3 is 2.33 bits per heavy atom. The van der Waals surface area contributed by atoms with E-state index in [1.165, 1.54) is 17.8 Å². The second-order valence-corrected chi connectivity index (χ2v) is 8.22. The molecule has 1 saturated carbocycles. The first kappa shape index (κ1) is 18.8. The summed E-state index contributed by atoms with van der Waals surface area (Å²) >= 11 is 1.76. The van der Waals surface area contributed by atoms with Crippen molar-refractivity contribution in [3.8, 4) is 34.1 Å². The number of rotatable bonds is 7. The maximum atomic E-state index is 5.47. The number of benzene rings is 2. The van der Waals surface area contributed by atoms with Crippen LogP contribution < -0.4 is 9.47 Å². The number of nitrogens with zero attached hydrogens (tertiary/aromatic N) is 3. The van der Waals surface area contributed by atoms with Gasteiger partial charge in [-0.3, -0.25) is 0 Å². The Morgan fingerprint density at radius 2 is 1.67 bits per heavy atom. The summed E-state index contributed by atoms with van der Waals surface area (Å²) in [5.41, 5.74) is 4.03. The topological polar surface area (TPSA) is 70.3 Å². The van der Waals surface area contributed by atoms with Crippen molar-refractivity contribution in [2.45, 2.75) is 25.2 Å². The number of ether oxygens (including phenoxy) is 2. The summed E-state index contributed by atoms with van der Waals surface area (Å²) in [5, 5.41) is 7.54. The molecule has 4 aromatic rings. The minimum absolute atomic E-state index is 0.501. The number of methoxy groups -OCH3 is 2. The van der Waals surface area contributed by atoms with E-state index in [1.807, 2.05) is 30.3 Å². The van der Waals surface area contributed by atoms with Crippen molar-refractivity contribution >= 4 is 11.3 Å². The van der Waals surface area contributed by atoms with Crippen molar-refractivity contribution in [2.24, 2.45) is 0 Å². The Hall–Kier alpha value is -3.19. The molecule has 2 heterocycles. The van der Waals surface area contributed by atoms with Crippen molar-refractivity contribution in [1.82, 2.24) is 15.1 Å². The molecule has 0 amide bonds. The molecule has 1 aliphatic rings. The Balaban J connectivity index is 1.32. The summed E-state index contributed by atoms with van der Waals surface area (Å²) in [6.07, 6.45) is 3.05. The highest BCUT2D eigenvalue weighted by Gasteiger charge is 2.26. The van der Waals surface area contributed by atoms with E-state index in [-0.39, 0.29) is 0 Å². The van der Waals surface area contributed by atoms with Gasteiger partial charge >= 0.3 is 0 Å². The molecule has 0 radical (unpaired) electrons. The highest BCUT2D eigenvalue weighted by atomic mass is 32.1. The Morgan fingerprint density at radius 1 is 0.967 bits per heavy atom. The van der Waals surface area contributed by atoms with Crippen LogP contribution in [-0.2, 0) is 6.42 Å². The second kappa shape index (κ2) is 7.91. The zero-order chi connectivity index (χ0) is 20.5. The van der Waals surface area contributed by atoms with Crippen LogP contribution in [0.15, 0.2) is 52.4 Å². The third kappa shape index (κ3) is 3.93. The minimum Gasteiger partial charge on any atom is -0.497 e. The van der Waals surface area contributed by atoms with Gasteiger partial charge in [0.2, 0.25) is 11.7 Å². The molecule has 2 aromatic carbocycles. The maximum absolute atomic E-state index is 5.47. The van der Waals surface area contributed by atoms with E-state index < -0.39 is 0 Å². The van der Waals surface area contributed by atoms with Crippen molar-refractivity contribution in [3.63, 3.8) is 0 Å². The van der Waals surface area contributed by atoms with Crippen LogP contribution in [0.25, 0.3) is 22.6 Å². The predicted molar refractivity (Wildman–Crippen MR) is 115 cm³/mol. The molecule has 0 aliphatic heterocycles. The fourth-order valence-corrected chi connectivity index (χ4v) is 4.32. The average Bonchev–Trinajstić information content (AvgIpc) is 3.33. The Bertz CT molecular complexity index is 1140. The minimum atomic E-state index is 0.501. The Labute approximate surface area is 178 Å². The number of thiazole rings is 1. The van der Waals surface area contributed by atoms with Crippen LogP contribution in [0.5, 0.6) is 11.5 Å². The van der Waals surface area contributed by atoms with Crippen LogP contribution in [0.1, 0.15) is 35.2 Å². The van der Waals surface area contributed by atoms with E-state index in [9.17, 15) is 0 Å². The average molecular weight is 420 g/mol. The summed E-state index contributed by atoms with van der Waals surface area (Å²) in [7, 11) is 3.26. The van der Waals surface area contributed by atoms with E-state index in [4.69, 9.17) is 19.0 Å². The van der Waals surface area contributed by atoms with Crippen LogP contribution in [0.4, 0.5) is 0 Å². The molecule has 5 rings (SSSR count). The predicted octanol–water partition coefficient (Wildman–Crippen LogP) is 5.35. The molecule has 7 heteroatoms. The molecule has 1 aliphatic carbocycles. The molecule has 6 nitrogen and oxygen atoms in total. The van der Waals surface area contributed by atoms with Gasteiger partial charge in [0.1, 0.15) is 11.5 Å². The van der Waals surface area contributed by atoms with Crippen molar-refractivity contribution in [1.29, 1.82) is 0 Å². The van der Waals surface area contributed by atoms with Crippen LogP contribution >= 0.6 is 11.3 Å². The van der Waals surface area contributed by atoms with Gasteiger partial charge in [-0.15, -0.1) is 11.3 Å². The van der Waals surface area contributed by atoms with Crippen LogP contribution in [-0.4, -0.2) is 29.3 Å². The first-order chi connectivity index (χ1) is 14.7. The van der Waals surface area contributed by atoms with Gasteiger partial charge < -0.3 is 14.0 Å². The van der Waals surface area contributed by atoms with Gasteiger partial charge in [-0.1, -0.05) is 29.4 Å². The molecule has 1 fully saturated rings. The fraction of sp³-hybridized carbons (Fsp3) is 0.261. The van der Waals surface area contributed by atoms with E-state index in [1.54, 1.807) is 25.6 Å². The largest absolute Gasteiger partial charge is 0.497 e. The van der Waals surface area contributed by atoms with Gasteiger partial charge in [0, 0.05) is 28.5 Å². The highest BCUT2D eigenvalue weighted by Crippen LogP contribution is 2.42. The quantitative estimate of drug-likeness (QED) is 0.402. The zero-order valence-corrected chi connectivity index (χ0v) is 17.6. The number of hydrogen-bond acceptors (Lipinski definition) is 7. The molecule has 2 aromatic heterocycles. The molecular weight excluding hydrogens is 398 g/mol. The molecule has 0 N–H and O–H groups in total. The van der Waals surface area contributed by atoms with E-state index >= 15 is 0 Å². The van der Waals surface area contributed by atoms with Gasteiger partial charge in [-0.05, 0) is 30.5 Å². The zero-order valence-electron chi connectivity index (χ0n) is 16.8. The van der Waals surface area contributed by atoms with Crippen molar-refractivity contribution in [3.05, 3.63) is 64.3 Å². The first-order valence-corrected chi connectivity index (χ1v) is 10.7. The summed E-state index contributed by atoms with van der Waals surface area (Å²) < 4.78 is 16.1. The molecule has 0 spiro atoms. The van der Waals surface area contributed by atoms with Gasteiger partial charge in [0.15, 0.2) is 0 Å². The third-order valence-electron chi connectivity index (χ3n) is 5.12. The van der Waals surface area contributed by atoms with Crippen molar-refractivity contribution in [2.75, 3.05) is 14.2 Å². The van der Waals surface area contributed by atoms with E-state index in [0.29, 0.717) is 24.1 Å². The first-order valence-electron chi connectivity index (χ1n) is 9.82. The second-order valence-electron chi connectivity index (χ2n) is 7.33. The summed E-state index contributed by atoms with van der Waals surface area (Å²) in [4.78, 5) is 9.32. The summed E-state index contributed by atoms with van der Waals surface area (Å²) in [6.45, 7) is 0. The molecule has 152 valence electrons. The van der Waals surface area contributed by atoms with Gasteiger partial charge in [0.05, 0.1) is 31.3 Å². The number of aromatic nitrogens is 3. The molecule has 0 atom stereocenters. The lowest BCUT2D eigenvalue weighted by Gasteiger charge is -2.06. The molecule has 0 bridgehead atoms. The third-order valence-corrected chi connectivity index (χ3v) is 6.13. The van der Waals surface area contributed by atoms with E-state index in [0.717, 1.165) is 33.9 Å². The van der Waals surface area contributed by atoms with Crippen molar-refractivity contribution < 1.29 is 14.0 Å². The lowest BCUT2D eigenvalue weighted by molar-refractivity contribution is 0.382. The summed E-state index contributed by atoms with van der Waals surface area (Å²) in [6, 6.07) is 13.8. The van der Waals surface area contributed by atoms with Gasteiger partial charge in [0.25, 0.3) is 0 Å². The van der Waals surface area contributed by atoms with Crippen LogP contribution in [0.2, 0.25) is 0 Å². The standard InChI is InChI=1S/C23H21N3O3S/c1-27-18-9-14(10-19(12-18)28-2)11-21-25-22(26-29-21)16-5-3-15(4-6-16)20-13-30-23(24-20)17-7-8-17/h3-6,9-10,12-13,17H,7-8,11H2,1-2H3. The number of hydrogen-bond donors (Lipinski definition) is 0. The smallest absolute Gasteiger partial charge is 0.231 e. The molecular formula is C23H21N3O3S. The monoisotopic (exact) mass is 419 g/mol. The Kier molecular flexibility index (Phi) is 4.96. The summed E-state index contributed by atoms with van der Waals surface area (Å²) in [5.74, 6) is 3.25. The van der Waals surface area contributed by atoms with E-state index in [2.05, 4.69) is 27.7 Å². The normalized spacial score (nSPS) is 13.4. The van der Waals surface area contributed by atoms with Crippen LogP contribution in [0.3, 0.4) is 0 Å².